The van der Waals surface area contributed by atoms with E-state index in [-0.39, 0.29) is 33.9 Å². The lowest BCUT2D eigenvalue weighted by atomic mass is 10.2. The van der Waals surface area contributed by atoms with Crippen LogP contribution in [-0.4, -0.2) is 44.7 Å². The van der Waals surface area contributed by atoms with Crippen molar-refractivity contribution in [3.05, 3.63) is 45.9 Å². The van der Waals surface area contributed by atoms with Crippen LogP contribution in [0.1, 0.15) is 5.56 Å². The molecule has 0 aromatic heterocycles. The molecule has 2 N–H and O–H groups in total. The molecule has 0 aliphatic carbocycles. The molecule has 3 rings (SSSR count). The molecule has 2 aromatic carbocycles. The minimum Gasteiger partial charge on any atom is -0.482 e. The normalized spacial score (nSPS) is 13.5. The van der Waals surface area contributed by atoms with Gasteiger partial charge >= 0.3 is 0 Å². The Morgan fingerprint density at radius 2 is 1.97 bits per heavy atom. The molecule has 1 aliphatic heterocycles. The average Bonchev–Trinajstić information content (AvgIpc) is 2.63. The van der Waals surface area contributed by atoms with Gasteiger partial charge in [0.25, 0.3) is 5.91 Å². The number of carbonyl (C=O) groups is 2. The van der Waals surface area contributed by atoms with Crippen LogP contribution in [0.4, 0.5) is 11.4 Å². The number of hydrogen-bond donors (Lipinski definition) is 2. The van der Waals surface area contributed by atoms with E-state index in [9.17, 15) is 18.0 Å². The van der Waals surface area contributed by atoms with E-state index in [0.29, 0.717) is 10.7 Å². The van der Waals surface area contributed by atoms with Gasteiger partial charge in [-0.3, -0.25) is 9.59 Å². The Morgan fingerprint density at radius 1 is 1.24 bits per heavy atom. The van der Waals surface area contributed by atoms with Crippen LogP contribution in [-0.2, 0) is 19.6 Å². The van der Waals surface area contributed by atoms with Crippen molar-refractivity contribution in [2.75, 3.05) is 30.8 Å². The Kier molecular flexibility index (Phi) is 6.04. The second-order valence-electron chi connectivity index (χ2n) is 6.39. The lowest BCUT2D eigenvalue weighted by Crippen LogP contribution is -2.35. The topological polar surface area (TPSA) is 105 Å². The molecule has 0 fully saturated rings. The number of rotatable bonds is 5. The molecule has 0 saturated heterocycles. The summed E-state index contributed by atoms with van der Waals surface area (Å²) in [6.07, 6.45) is 0. The fourth-order valence-electron chi connectivity index (χ4n) is 2.61. The van der Waals surface area contributed by atoms with Crippen molar-refractivity contribution < 1.29 is 22.7 Å². The van der Waals surface area contributed by atoms with Gasteiger partial charge < -0.3 is 15.4 Å². The second kappa shape index (κ2) is 8.19. The highest BCUT2D eigenvalue weighted by Gasteiger charge is 2.28. The predicted octanol–water partition coefficient (Wildman–Crippen LogP) is 2.89. The molecule has 0 bridgehead atoms. The molecule has 1 heterocycles. The summed E-state index contributed by atoms with van der Waals surface area (Å²) in [7, 11) is -2.84. The van der Waals surface area contributed by atoms with Gasteiger partial charge in [0.2, 0.25) is 15.9 Å². The van der Waals surface area contributed by atoms with Crippen LogP contribution in [0.15, 0.2) is 35.2 Å². The molecule has 154 valence electrons. The van der Waals surface area contributed by atoms with Gasteiger partial charge in [-0.05, 0) is 30.7 Å². The molecule has 11 heteroatoms. The number of sulfonamides is 1. The third-order valence-electron chi connectivity index (χ3n) is 4.18. The smallest absolute Gasteiger partial charge is 0.262 e. The van der Waals surface area contributed by atoms with Crippen LogP contribution >= 0.6 is 23.2 Å². The van der Waals surface area contributed by atoms with Crippen LogP contribution in [0, 0.1) is 6.92 Å². The number of carbonyl (C=O) groups excluding carboxylic acids is 2. The first-order valence-electron chi connectivity index (χ1n) is 8.36. The molecule has 0 saturated carbocycles. The quantitative estimate of drug-likeness (QED) is 0.717. The fourth-order valence-corrected chi connectivity index (χ4v) is 4.43. The number of likely N-dealkylation sites (N-methyl/N-ethyl adjacent to an activating group) is 1. The maximum absolute atomic E-state index is 12.9. The van der Waals surface area contributed by atoms with Crippen LogP contribution in [0.2, 0.25) is 10.0 Å². The third kappa shape index (κ3) is 4.64. The van der Waals surface area contributed by atoms with Crippen molar-refractivity contribution in [2.45, 2.75) is 11.8 Å². The molecule has 29 heavy (non-hydrogen) atoms. The number of nitrogens with one attached hydrogen (secondary N) is 2. The molecule has 0 radical (unpaired) electrons. The summed E-state index contributed by atoms with van der Waals surface area (Å²) in [5, 5.41) is 5.52. The summed E-state index contributed by atoms with van der Waals surface area (Å²) in [5.74, 6) is -0.734. The highest BCUT2D eigenvalue weighted by Crippen LogP contribution is 2.36. The minimum atomic E-state index is -4.10. The van der Waals surface area contributed by atoms with Gasteiger partial charge in [-0.25, -0.2) is 8.42 Å². The number of nitrogens with zero attached hydrogens (tertiary/aromatic N) is 1. The molecule has 1 aliphatic rings. The maximum Gasteiger partial charge on any atom is 0.262 e. The van der Waals surface area contributed by atoms with Crippen molar-refractivity contribution in [1.29, 1.82) is 0 Å². The highest BCUT2D eigenvalue weighted by molar-refractivity contribution is 7.89. The Hall–Kier alpha value is -2.33. The molecule has 0 atom stereocenters. The van der Waals surface area contributed by atoms with Crippen LogP contribution < -0.4 is 15.4 Å². The molecule has 0 unspecified atom stereocenters. The number of fused-ring (bicyclic) bond motifs is 1. The summed E-state index contributed by atoms with van der Waals surface area (Å²) in [6.45, 7) is 1.15. The lowest BCUT2D eigenvalue weighted by Gasteiger charge is -2.22. The van der Waals surface area contributed by atoms with E-state index in [1.54, 1.807) is 18.2 Å². The molecular weight excluding hydrogens is 441 g/mol. The molecule has 0 spiro atoms. The highest BCUT2D eigenvalue weighted by atomic mass is 35.5. The number of aryl methyl sites for hydroxylation is 1. The number of hydrogen-bond acceptors (Lipinski definition) is 5. The molecule has 8 nitrogen and oxygen atoms in total. The van der Waals surface area contributed by atoms with Crippen molar-refractivity contribution in [3.8, 4) is 5.75 Å². The van der Waals surface area contributed by atoms with E-state index in [1.807, 2.05) is 6.92 Å². The average molecular weight is 458 g/mol. The number of anilines is 2. The summed E-state index contributed by atoms with van der Waals surface area (Å²) in [6, 6.07) is 7.50. The monoisotopic (exact) mass is 457 g/mol. The van der Waals surface area contributed by atoms with E-state index in [4.69, 9.17) is 27.9 Å². The standard InChI is InChI=1S/C18H17Cl2N3O5S/c1-10-3-4-11(5-12(10)19)21-17(24)8-23(2)29(26,27)16-7-15-14(6-13(16)20)22-18(25)9-28-15/h3-7H,8-9H2,1-2H3,(H,21,24)(H,22,25). The minimum absolute atomic E-state index is 0.105. The van der Waals surface area contributed by atoms with Crippen molar-refractivity contribution in [2.24, 2.45) is 0 Å². The summed E-state index contributed by atoms with van der Waals surface area (Å²) >= 11 is 12.1. The summed E-state index contributed by atoms with van der Waals surface area (Å²) in [5.41, 5.74) is 1.58. The van der Waals surface area contributed by atoms with E-state index in [2.05, 4.69) is 10.6 Å². The fraction of sp³-hybridized carbons (Fsp3) is 0.222. The first-order valence-corrected chi connectivity index (χ1v) is 10.6. The number of halogens is 2. The first kappa shape index (κ1) is 21.4. The van der Waals surface area contributed by atoms with Crippen LogP contribution in [0.5, 0.6) is 5.75 Å². The van der Waals surface area contributed by atoms with Gasteiger partial charge in [-0.2, -0.15) is 4.31 Å². The predicted molar refractivity (Wildman–Crippen MR) is 110 cm³/mol. The van der Waals surface area contributed by atoms with Crippen molar-refractivity contribution in [1.82, 2.24) is 4.31 Å². The molecule has 2 amide bonds. The van der Waals surface area contributed by atoms with E-state index in [0.717, 1.165) is 9.87 Å². The van der Waals surface area contributed by atoms with E-state index < -0.39 is 22.5 Å². The van der Waals surface area contributed by atoms with Gasteiger partial charge in [0.1, 0.15) is 10.6 Å². The van der Waals surface area contributed by atoms with Crippen molar-refractivity contribution in [3.63, 3.8) is 0 Å². The number of ether oxygens (including phenoxy) is 1. The number of benzene rings is 2. The van der Waals surface area contributed by atoms with Crippen LogP contribution in [0.25, 0.3) is 0 Å². The lowest BCUT2D eigenvalue weighted by molar-refractivity contribution is -0.118. The Labute approximate surface area is 177 Å². The zero-order valence-electron chi connectivity index (χ0n) is 15.5. The van der Waals surface area contributed by atoms with Gasteiger partial charge in [-0.1, -0.05) is 29.3 Å². The van der Waals surface area contributed by atoms with Crippen molar-refractivity contribution >= 4 is 56.4 Å². The van der Waals surface area contributed by atoms with E-state index >= 15 is 0 Å². The molecular formula is C18H17Cl2N3O5S. The largest absolute Gasteiger partial charge is 0.482 e. The van der Waals surface area contributed by atoms with Gasteiger partial charge in [0.15, 0.2) is 6.61 Å². The summed E-state index contributed by atoms with van der Waals surface area (Å²) < 4.78 is 31.9. The van der Waals surface area contributed by atoms with E-state index in [1.165, 1.54) is 19.2 Å². The van der Waals surface area contributed by atoms with Gasteiger partial charge in [0, 0.05) is 23.8 Å². The maximum atomic E-state index is 12.9. The number of amides is 2. The SMILES string of the molecule is Cc1ccc(NC(=O)CN(C)S(=O)(=O)c2cc3c(cc2Cl)NC(=O)CO3)cc1Cl. The Morgan fingerprint density at radius 3 is 2.66 bits per heavy atom. The third-order valence-corrected chi connectivity index (χ3v) is 6.85. The zero-order chi connectivity index (χ0) is 21.3. The Balaban J connectivity index is 1.77. The second-order valence-corrected chi connectivity index (χ2v) is 9.22. The first-order chi connectivity index (χ1) is 13.6. The van der Waals surface area contributed by atoms with Gasteiger partial charge in [0.05, 0.1) is 17.3 Å². The van der Waals surface area contributed by atoms with Gasteiger partial charge in [-0.15, -0.1) is 0 Å². The zero-order valence-corrected chi connectivity index (χ0v) is 17.8. The molecule has 2 aromatic rings. The van der Waals surface area contributed by atoms with Crippen LogP contribution in [0.3, 0.4) is 0 Å². The summed E-state index contributed by atoms with van der Waals surface area (Å²) in [4.78, 5) is 23.4. The Bertz CT molecular complexity index is 1100.